The second-order valence-corrected chi connectivity index (χ2v) is 4.62. The van der Waals surface area contributed by atoms with E-state index in [-0.39, 0.29) is 0 Å². The minimum atomic E-state index is 0.882. The van der Waals surface area contributed by atoms with E-state index in [1.54, 1.807) is 0 Å². The van der Waals surface area contributed by atoms with Crippen molar-refractivity contribution in [3.63, 3.8) is 0 Å². The molecule has 0 unspecified atom stereocenters. The van der Waals surface area contributed by atoms with Crippen LogP contribution in [0, 0.1) is 27.7 Å². The molecule has 2 aromatic rings. The van der Waals surface area contributed by atoms with E-state index in [1.165, 1.54) is 22.3 Å². The number of aryl methyl sites for hydroxylation is 1. The van der Waals surface area contributed by atoms with Gasteiger partial charge in [0.1, 0.15) is 0 Å². The minimum absolute atomic E-state index is 0.882. The number of rotatable bonds is 2. The highest BCUT2D eigenvalue weighted by atomic mass is 15.1. The van der Waals surface area contributed by atoms with Gasteiger partial charge in [0.2, 0.25) is 0 Å². The summed E-state index contributed by atoms with van der Waals surface area (Å²) in [6.45, 7) is 8.50. The summed E-state index contributed by atoms with van der Waals surface area (Å²) in [7, 11) is 0. The number of azo groups is 1. The van der Waals surface area contributed by atoms with E-state index in [0.29, 0.717) is 0 Å². The Morgan fingerprint density at radius 3 is 2.06 bits per heavy atom. The molecule has 2 aromatic carbocycles. The molecule has 0 aliphatic rings. The van der Waals surface area contributed by atoms with Gasteiger partial charge in [-0.2, -0.15) is 10.2 Å². The van der Waals surface area contributed by atoms with Gasteiger partial charge in [-0.15, -0.1) is 0 Å². The molecule has 2 heteroatoms. The summed E-state index contributed by atoms with van der Waals surface area (Å²) < 4.78 is 0. The van der Waals surface area contributed by atoms with Crippen LogP contribution in [0.4, 0.5) is 11.4 Å². The van der Waals surface area contributed by atoms with Crippen molar-refractivity contribution in [1.29, 1.82) is 0 Å². The summed E-state index contributed by atoms with van der Waals surface area (Å²) >= 11 is 0. The minimum Gasteiger partial charge on any atom is -0.151 e. The summed E-state index contributed by atoms with van der Waals surface area (Å²) in [5, 5.41) is 8.64. The average molecular weight is 238 g/mol. The second kappa shape index (κ2) is 5.13. The standard InChI is InChI=1S/C16H18N2/c1-11-10-16(14(4)13(3)12(11)2)18-17-15-8-6-5-7-9-15/h5-10H,1-4H3. The lowest BCUT2D eigenvalue weighted by molar-refractivity contribution is 1.15. The maximum atomic E-state index is 4.36. The monoisotopic (exact) mass is 238 g/mol. The third-order valence-corrected chi connectivity index (χ3v) is 3.48. The molecular weight excluding hydrogens is 220 g/mol. The zero-order valence-corrected chi connectivity index (χ0v) is 11.4. The van der Waals surface area contributed by atoms with Crippen LogP contribution in [0.25, 0.3) is 0 Å². The number of hydrogen-bond donors (Lipinski definition) is 0. The summed E-state index contributed by atoms with van der Waals surface area (Å²) in [6.07, 6.45) is 0. The number of hydrogen-bond acceptors (Lipinski definition) is 2. The Hall–Kier alpha value is -1.96. The third kappa shape index (κ3) is 2.48. The fourth-order valence-electron chi connectivity index (χ4n) is 1.90. The first kappa shape index (κ1) is 12.5. The van der Waals surface area contributed by atoms with E-state index in [2.05, 4.69) is 44.0 Å². The molecule has 0 saturated carbocycles. The highest BCUT2D eigenvalue weighted by molar-refractivity contribution is 5.55. The van der Waals surface area contributed by atoms with E-state index < -0.39 is 0 Å². The number of nitrogens with zero attached hydrogens (tertiary/aromatic N) is 2. The molecule has 0 fully saturated rings. The van der Waals surface area contributed by atoms with Gasteiger partial charge in [-0.1, -0.05) is 18.2 Å². The highest BCUT2D eigenvalue weighted by Crippen LogP contribution is 2.28. The van der Waals surface area contributed by atoms with Gasteiger partial charge in [0, 0.05) is 0 Å². The predicted octanol–water partition coefficient (Wildman–Crippen LogP) is 5.34. The molecule has 0 radical (unpaired) electrons. The smallest absolute Gasteiger partial charge is 0.0891 e. The maximum absolute atomic E-state index is 4.36. The zero-order valence-electron chi connectivity index (χ0n) is 11.4. The van der Waals surface area contributed by atoms with Gasteiger partial charge in [-0.25, -0.2) is 0 Å². The molecule has 0 atom stereocenters. The van der Waals surface area contributed by atoms with E-state index in [1.807, 2.05) is 30.3 Å². The number of benzene rings is 2. The summed E-state index contributed by atoms with van der Waals surface area (Å²) in [4.78, 5) is 0. The molecule has 2 nitrogen and oxygen atoms in total. The summed E-state index contributed by atoms with van der Waals surface area (Å²) in [6, 6.07) is 11.9. The Balaban J connectivity index is 2.39. The summed E-state index contributed by atoms with van der Waals surface area (Å²) in [5.74, 6) is 0. The third-order valence-electron chi connectivity index (χ3n) is 3.48. The molecule has 0 bridgehead atoms. The molecule has 0 aliphatic carbocycles. The lowest BCUT2D eigenvalue weighted by atomic mass is 9.98. The Kier molecular flexibility index (Phi) is 3.56. The SMILES string of the molecule is Cc1cc(N=Nc2ccccc2)c(C)c(C)c1C. The van der Waals surface area contributed by atoms with Crippen LogP contribution in [-0.4, -0.2) is 0 Å². The Bertz CT molecular complexity index is 584. The molecule has 0 saturated heterocycles. The molecule has 0 amide bonds. The van der Waals surface area contributed by atoms with Crippen LogP contribution >= 0.6 is 0 Å². The van der Waals surface area contributed by atoms with Gasteiger partial charge in [0.25, 0.3) is 0 Å². The zero-order chi connectivity index (χ0) is 13.1. The quantitative estimate of drug-likeness (QED) is 0.631. The molecule has 0 spiro atoms. The normalized spacial score (nSPS) is 11.1. The van der Waals surface area contributed by atoms with E-state index in [9.17, 15) is 0 Å². The summed E-state index contributed by atoms with van der Waals surface area (Å²) in [5.41, 5.74) is 6.95. The maximum Gasteiger partial charge on any atom is 0.0891 e. The van der Waals surface area contributed by atoms with Crippen LogP contribution in [0.5, 0.6) is 0 Å². The van der Waals surface area contributed by atoms with E-state index >= 15 is 0 Å². The fraction of sp³-hybridized carbons (Fsp3) is 0.250. The van der Waals surface area contributed by atoms with Crippen molar-refractivity contribution in [3.8, 4) is 0 Å². The lowest BCUT2D eigenvalue weighted by Crippen LogP contribution is -1.90. The first-order valence-electron chi connectivity index (χ1n) is 6.14. The van der Waals surface area contributed by atoms with Crippen molar-refractivity contribution in [2.24, 2.45) is 10.2 Å². The van der Waals surface area contributed by atoms with Crippen LogP contribution in [-0.2, 0) is 0 Å². The van der Waals surface area contributed by atoms with Crippen molar-refractivity contribution in [2.45, 2.75) is 27.7 Å². The van der Waals surface area contributed by atoms with Crippen LogP contribution in [0.1, 0.15) is 22.3 Å². The van der Waals surface area contributed by atoms with E-state index in [0.717, 1.165) is 11.4 Å². The van der Waals surface area contributed by atoms with Crippen LogP contribution < -0.4 is 0 Å². The van der Waals surface area contributed by atoms with Crippen molar-refractivity contribution in [1.82, 2.24) is 0 Å². The molecule has 2 rings (SSSR count). The van der Waals surface area contributed by atoms with Crippen molar-refractivity contribution in [2.75, 3.05) is 0 Å². The van der Waals surface area contributed by atoms with Gasteiger partial charge in [-0.3, -0.25) is 0 Å². The molecular formula is C16H18N2. The lowest BCUT2D eigenvalue weighted by Gasteiger charge is -2.10. The highest BCUT2D eigenvalue weighted by Gasteiger charge is 2.06. The molecule has 0 heterocycles. The van der Waals surface area contributed by atoms with Crippen LogP contribution in [0.15, 0.2) is 46.6 Å². The Morgan fingerprint density at radius 1 is 0.722 bits per heavy atom. The van der Waals surface area contributed by atoms with Crippen molar-refractivity contribution >= 4 is 11.4 Å². The van der Waals surface area contributed by atoms with Gasteiger partial charge in [0.15, 0.2) is 0 Å². The average Bonchev–Trinajstić information content (AvgIpc) is 2.40. The molecule has 18 heavy (non-hydrogen) atoms. The first-order valence-corrected chi connectivity index (χ1v) is 6.14. The predicted molar refractivity (Wildman–Crippen MR) is 76.0 cm³/mol. The fourth-order valence-corrected chi connectivity index (χ4v) is 1.90. The Morgan fingerprint density at radius 2 is 1.39 bits per heavy atom. The van der Waals surface area contributed by atoms with Crippen LogP contribution in [0.2, 0.25) is 0 Å². The van der Waals surface area contributed by atoms with E-state index in [4.69, 9.17) is 0 Å². The topological polar surface area (TPSA) is 24.7 Å². The van der Waals surface area contributed by atoms with Crippen molar-refractivity contribution < 1.29 is 0 Å². The second-order valence-electron chi connectivity index (χ2n) is 4.62. The largest absolute Gasteiger partial charge is 0.151 e. The van der Waals surface area contributed by atoms with Gasteiger partial charge in [-0.05, 0) is 68.1 Å². The van der Waals surface area contributed by atoms with Crippen molar-refractivity contribution in [3.05, 3.63) is 58.7 Å². The van der Waals surface area contributed by atoms with Gasteiger partial charge >= 0.3 is 0 Å². The first-order chi connectivity index (χ1) is 8.59. The molecule has 92 valence electrons. The molecule has 0 aromatic heterocycles. The van der Waals surface area contributed by atoms with Gasteiger partial charge in [0.05, 0.1) is 11.4 Å². The molecule has 0 aliphatic heterocycles. The van der Waals surface area contributed by atoms with Crippen LogP contribution in [0.3, 0.4) is 0 Å². The van der Waals surface area contributed by atoms with Gasteiger partial charge < -0.3 is 0 Å². The molecule has 0 N–H and O–H groups in total. The Labute approximate surface area is 108 Å².